The molecule has 2 aromatic rings. The molecule has 1 saturated heterocycles. The van der Waals surface area contributed by atoms with Crippen molar-refractivity contribution < 1.29 is 4.90 Å². The van der Waals surface area contributed by atoms with E-state index in [4.69, 9.17) is 34.8 Å². The van der Waals surface area contributed by atoms with Gasteiger partial charge in [0, 0.05) is 16.3 Å². The lowest BCUT2D eigenvalue weighted by Crippen LogP contribution is -3.13. The first-order valence-corrected chi connectivity index (χ1v) is 8.54. The van der Waals surface area contributed by atoms with Crippen molar-refractivity contribution in [3.63, 3.8) is 0 Å². The Bertz CT molecular complexity index is 615. The molecular weight excluding hydrogens is 339 g/mol. The molecule has 22 heavy (non-hydrogen) atoms. The van der Waals surface area contributed by atoms with E-state index < -0.39 is 0 Å². The number of rotatable bonds is 3. The molecule has 1 aliphatic heterocycles. The molecule has 1 heterocycles. The molecule has 0 atom stereocenters. The van der Waals surface area contributed by atoms with E-state index in [9.17, 15) is 0 Å². The highest BCUT2D eigenvalue weighted by Gasteiger charge is 2.22. The van der Waals surface area contributed by atoms with E-state index in [2.05, 4.69) is 17.0 Å². The largest absolute Gasteiger partial charge is 0.360 e. The number of quaternary nitrogens is 1. The summed E-state index contributed by atoms with van der Waals surface area (Å²) in [5.74, 6) is 0. The minimum atomic E-state index is 0.764. The van der Waals surface area contributed by atoms with Gasteiger partial charge < -0.3 is 9.80 Å². The third-order valence-corrected chi connectivity index (χ3v) is 5.11. The van der Waals surface area contributed by atoms with E-state index in [1.54, 1.807) is 0 Å². The standard InChI is InChI=1S/C17H17Cl3N2/c18-13-4-6-14(7-5-13)22-10-8-21(9-11-22)12-15-16(19)2-1-3-17(15)20/h1-7H,8-12H2/p+1. The first kappa shape index (κ1) is 15.9. The van der Waals surface area contributed by atoms with Gasteiger partial charge in [-0.25, -0.2) is 0 Å². The highest BCUT2D eigenvalue weighted by Crippen LogP contribution is 2.23. The summed E-state index contributed by atoms with van der Waals surface area (Å²) >= 11 is 18.5. The Labute approximate surface area is 146 Å². The molecule has 2 aromatic carbocycles. The van der Waals surface area contributed by atoms with Gasteiger partial charge in [0.25, 0.3) is 0 Å². The quantitative estimate of drug-likeness (QED) is 0.883. The van der Waals surface area contributed by atoms with E-state index in [1.165, 1.54) is 10.6 Å². The van der Waals surface area contributed by atoms with Crippen molar-refractivity contribution in [2.75, 3.05) is 31.1 Å². The monoisotopic (exact) mass is 355 g/mol. The van der Waals surface area contributed by atoms with Gasteiger partial charge in [0.1, 0.15) is 6.54 Å². The van der Waals surface area contributed by atoms with Crippen LogP contribution in [-0.4, -0.2) is 26.2 Å². The topological polar surface area (TPSA) is 7.68 Å². The zero-order valence-corrected chi connectivity index (χ0v) is 14.4. The van der Waals surface area contributed by atoms with Gasteiger partial charge in [-0.2, -0.15) is 0 Å². The van der Waals surface area contributed by atoms with Crippen molar-refractivity contribution in [2.45, 2.75) is 6.54 Å². The molecular formula is C17H18Cl3N2+. The Morgan fingerprint density at radius 1 is 0.864 bits per heavy atom. The molecule has 0 saturated carbocycles. The molecule has 0 bridgehead atoms. The van der Waals surface area contributed by atoms with Crippen LogP contribution in [0.25, 0.3) is 0 Å². The molecule has 0 aliphatic carbocycles. The summed E-state index contributed by atoms with van der Waals surface area (Å²) in [6.45, 7) is 5.08. The van der Waals surface area contributed by atoms with Crippen LogP contribution in [0.2, 0.25) is 15.1 Å². The fraction of sp³-hybridized carbons (Fsp3) is 0.294. The summed E-state index contributed by atoms with van der Waals surface area (Å²) in [7, 11) is 0. The third-order valence-electron chi connectivity index (χ3n) is 4.15. The van der Waals surface area contributed by atoms with Crippen molar-refractivity contribution in [1.29, 1.82) is 0 Å². The Balaban J connectivity index is 1.61. The molecule has 3 rings (SSSR count). The van der Waals surface area contributed by atoms with E-state index in [1.807, 2.05) is 30.3 Å². The third kappa shape index (κ3) is 3.69. The molecule has 0 spiro atoms. The van der Waals surface area contributed by atoms with Crippen LogP contribution in [0.3, 0.4) is 0 Å². The second-order valence-electron chi connectivity index (χ2n) is 5.59. The molecule has 1 fully saturated rings. The smallest absolute Gasteiger partial charge is 0.106 e. The van der Waals surface area contributed by atoms with Gasteiger partial charge in [-0.15, -0.1) is 0 Å². The lowest BCUT2D eigenvalue weighted by Gasteiger charge is -2.34. The number of nitrogens with one attached hydrogen (secondary N) is 1. The zero-order chi connectivity index (χ0) is 15.5. The van der Waals surface area contributed by atoms with Crippen LogP contribution < -0.4 is 9.80 Å². The average Bonchev–Trinajstić information content (AvgIpc) is 2.53. The fourth-order valence-corrected chi connectivity index (χ4v) is 3.52. The summed E-state index contributed by atoms with van der Waals surface area (Å²) in [4.78, 5) is 3.91. The molecule has 1 N–H and O–H groups in total. The van der Waals surface area contributed by atoms with Crippen molar-refractivity contribution in [3.05, 3.63) is 63.1 Å². The van der Waals surface area contributed by atoms with Gasteiger partial charge in [-0.1, -0.05) is 40.9 Å². The summed E-state index contributed by atoms with van der Waals surface area (Å²) in [6.07, 6.45) is 0. The SMILES string of the molecule is Clc1ccc(N2CC[NH+](Cc3c(Cl)cccc3Cl)CC2)cc1. The highest BCUT2D eigenvalue weighted by atomic mass is 35.5. The molecule has 0 unspecified atom stereocenters. The van der Waals surface area contributed by atoms with Crippen LogP contribution in [0, 0.1) is 0 Å². The lowest BCUT2D eigenvalue weighted by molar-refractivity contribution is -0.914. The van der Waals surface area contributed by atoms with Gasteiger partial charge >= 0.3 is 0 Å². The molecule has 0 amide bonds. The molecule has 0 radical (unpaired) electrons. The van der Waals surface area contributed by atoms with Crippen LogP contribution in [0.15, 0.2) is 42.5 Å². The Kier molecular flexibility index (Phi) is 5.14. The highest BCUT2D eigenvalue weighted by molar-refractivity contribution is 6.35. The second-order valence-corrected chi connectivity index (χ2v) is 6.84. The maximum absolute atomic E-state index is 6.27. The maximum atomic E-state index is 6.27. The maximum Gasteiger partial charge on any atom is 0.106 e. The summed E-state index contributed by atoms with van der Waals surface area (Å²) in [5.41, 5.74) is 2.29. The Morgan fingerprint density at radius 3 is 2.05 bits per heavy atom. The van der Waals surface area contributed by atoms with Crippen LogP contribution in [0.1, 0.15) is 5.56 Å². The van der Waals surface area contributed by atoms with Crippen molar-refractivity contribution in [2.24, 2.45) is 0 Å². The predicted octanol–water partition coefficient (Wildman–Crippen LogP) is 3.55. The Hall–Kier alpha value is -0.930. The van der Waals surface area contributed by atoms with E-state index in [-0.39, 0.29) is 0 Å². The van der Waals surface area contributed by atoms with Gasteiger partial charge in [0.15, 0.2) is 0 Å². The van der Waals surface area contributed by atoms with Crippen molar-refractivity contribution in [3.8, 4) is 0 Å². The normalized spacial score (nSPS) is 16.0. The number of hydrogen-bond acceptors (Lipinski definition) is 1. The van der Waals surface area contributed by atoms with Crippen LogP contribution in [0.4, 0.5) is 5.69 Å². The van der Waals surface area contributed by atoms with E-state index >= 15 is 0 Å². The first-order valence-electron chi connectivity index (χ1n) is 7.40. The van der Waals surface area contributed by atoms with Crippen molar-refractivity contribution in [1.82, 2.24) is 0 Å². The number of nitrogens with zero attached hydrogens (tertiary/aromatic N) is 1. The van der Waals surface area contributed by atoms with E-state index in [0.717, 1.165) is 53.4 Å². The number of benzene rings is 2. The number of hydrogen-bond donors (Lipinski definition) is 1. The van der Waals surface area contributed by atoms with E-state index in [0.29, 0.717) is 0 Å². The molecule has 1 aliphatic rings. The Morgan fingerprint density at radius 2 is 1.45 bits per heavy atom. The molecule has 5 heteroatoms. The average molecular weight is 357 g/mol. The van der Waals surface area contributed by atoms with Crippen molar-refractivity contribution >= 4 is 40.5 Å². The zero-order valence-electron chi connectivity index (χ0n) is 12.2. The number of piperazine rings is 1. The number of anilines is 1. The summed E-state index contributed by atoms with van der Waals surface area (Å²) < 4.78 is 0. The fourth-order valence-electron chi connectivity index (χ4n) is 2.86. The minimum Gasteiger partial charge on any atom is -0.360 e. The second kappa shape index (κ2) is 7.10. The molecule has 0 aromatic heterocycles. The van der Waals surface area contributed by atoms with Crippen LogP contribution in [0.5, 0.6) is 0 Å². The van der Waals surface area contributed by atoms with Crippen LogP contribution in [-0.2, 0) is 6.54 Å². The van der Waals surface area contributed by atoms with Crippen LogP contribution >= 0.6 is 34.8 Å². The molecule has 2 nitrogen and oxygen atoms in total. The minimum absolute atomic E-state index is 0.764. The number of halogens is 3. The van der Waals surface area contributed by atoms with Gasteiger partial charge in [-0.05, 0) is 36.4 Å². The predicted molar refractivity (Wildman–Crippen MR) is 94.5 cm³/mol. The van der Waals surface area contributed by atoms with Gasteiger partial charge in [0.05, 0.1) is 36.2 Å². The van der Waals surface area contributed by atoms with Gasteiger partial charge in [-0.3, -0.25) is 0 Å². The first-order chi connectivity index (χ1) is 10.6. The molecule has 116 valence electrons. The summed E-state index contributed by atoms with van der Waals surface area (Å²) in [6, 6.07) is 13.8. The van der Waals surface area contributed by atoms with Gasteiger partial charge in [0.2, 0.25) is 0 Å². The summed E-state index contributed by atoms with van der Waals surface area (Å²) in [5, 5.41) is 2.31. The lowest BCUT2D eigenvalue weighted by atomic mass is 10.2.